The maximum Gasteiger partial charge on any atom is 0.238 e. The number of anilines is 2. The van der Waals surface area contributed by atoms with Gasteiger partial charge < -0.3 is 10.6 Å². The molecule has 2 atom stereocenters. The van der Waals surface area contributed by atoms with Crippen molar-refractivity contribution in [2.75, 3.05) is 10.6 Å². The van der Waals surface area contributed by atoms with E-state index in [1.165, 1.54) is 0 Å². The van der Waals surface area contributed by atoms with Crippen LogP contribution < -0.4 is 10.6 Å². The molecule has 0 aromatic heterocycles. The van der Waals surface area contributed by atoms with Crippen molar-refractivity contribution in [2.45, 2.75) is 49.2 Å². The fourth-order valence-corrected chi connectivity index (χ4v) is 2.99. The molecule has 0 aliphatic rings. The van der Waals surface area contributed by atoms with Crippen LogP contribution in [0.3, 0.4) is 0 Å². The summed E-state index contributed by atoms with van der Waals surface area (Å²) in [6.07, 6.45) is 3.48. The predicted octanol–water partition coefficient (Wildman–Crippen LogP) is 4.69. The second-order valence-corrected chi connectivity index (χ2v) is 7.28. The van der Waals surface area contributed by atoms with Gasteiger partial charge in [-0.3, -0.25) is 9.59 Å². The van der Waals surface area contributed by atoms with Crippen molar-refractivity contribution < 1.29 is 9.59 Å². The van der Waals surface area contributed by atoms with Gasteiger partial charge in [0, 0.05) is 11.4 Å². The molecule has 0 radical (unpaired) electrons. The number of alkyl halides is 2. The van der Waals surface area contributed by atoms with E-state index in [1.54, 1.807) is 24.3 Å². The Kier molecular flexibility index (Phi) is 8.71. The molecule has 0 saturated carbocycles. The zero-order chi connectivity index (χ0) is 16.5. The summed E-state index contributed by atoms with van der Waals surface area (Å²) >= 11 is 6.73. The second kappa shape index (κ2) is 10.0. The maximum atomic E-state index is 11.9. The number of halogens is 2. The molecule has 1 aromatic rings. The van der Waals surface area contributed by atoms with Crippen LogP contribution in [0.1, 0.15) is 39.5 Å². The number of nitrogens with one attached hydrogen (secondary N) is 2. The summed E-state index contributed by atoms with van der Waals surface area (Å²) in [6, 6.07) is 7.12. The molecule has 22 heavy (non-hydrogen) atoms. The van der Waals surface area contributed by atoms with Gasteiger partial charge in [0.2, 0.25) is 11.8 Å². The lowest BCUT2D eigenvalue weighted by molar-refractivity contribution is -0.116. The van der Waals surface area contributed by atoms with Gasteiger partial charge in [0.05, 0.1) is 9.65 Å². The number of amides is 2. The van der Waals surface area contributed by atoms with E-state index in [-0.39, 0.29) is 21.5 Å². The lowest BCUT2D eigenvalue weighted by Gasteiger charge is -2.12. The number of rotatable bonds is 8. The fraction of sp³-hybridized carbons (Fsp3) is 0.500. The minimum atomic E-state index is -0.180. The largest absolute Gasteiger partial charge is 0.325 e. The van der Waals surface area contributed by atoms with Crippen molar-refractivity contribution in [1.82, 2.24) is 0 Å². The van der Waals surface area contributed by atoms with Gasteiger partial charge in [0.25, 0.3) is 0 Å². The third-order valence-corrected chi connectivity index (χ3v) is 4.82. The Labute approximate surface area is 148 Å². The zero-order valence-electron chi connectivity index (χ0n) is 12.9. The summed E-state index contributed by atoms with van der Waals surface area (Å²) in [6.45, 7) is 4.07. The SMILES string of the molecule is CCC[C@@H](Br)C(=O)Nc1ccc(NC(=O)[C@@H](Br)CCC)cc1. The molecule has 6 heteroatoms. The van der Waals surface area contributed by atoms with Gasteiger partial charge in [-0.05, 0) is 37.1 Å². The van der Waals surface area contributed by atoms with Crippen LogP contribution in [0.2, 0.25) is 0 Å². The van der Waals surface area contributed by atoms with Gasteiger partial charge in [0.1, 0.15) is 0 Å². The summed E-state index contributed by atoms with van der Waals surface area (Å²) in [4.78, 5) is 23.4. The Morgan fingerprint density at radius 1 is 0.864 bits per heavy atom. The van der Waals surface area contributed by atoms with Gasteiger partial charge in [-0.1, -0.05) is 58.5 Å². The highest BCUT2D eigenvalue weighted by Crippen LogP contribution is 2.18. The molecule has 0 unspecified atom stereocenters. The first-order valence-electron chi connectivity index (χ1n) is 7.47. The highest BCUT2D eigenvalue weighted by Gasteiger charge is 2.15. The van der Waals surface area contributed by atoms with Gasteiger partial charge in [-0.25, -0.2) is 0 Å². The molecule has 0 bridgehead atoms. The number of hydrogen-bond donors (Lipinski definition) is 2. The van der Waals surface area contributed by atoms with Crippen LogP contribution in [0.25, 0.3) is 0 Å². The Morgan fingerprint density at radius 3 is 1.45 bits per heavy atom. The molecule has 2 N–H and O–H groups in total. The third kappa shape index (κ3) is 6.48. The van der Waals surface area contributed by atoms with E-state index in [1.807, 2.05) is 13.8 Å². The molecule has 0 heterocycles. The molecule has 1 rings (SSSR count). The van der Waals surface area contributed by atoms with Crippen molar-refractivity contribution in [2.24, 2.45) is 0 Å². The van der Waals surface area contributed by atoms with Crippen LogP contribution in [0.5, 0.6) is 0 Å². The minimum absolute atomic E-state index is 0.0536. The summed E-state index contributed by atoms with van der Waals surface area (Å²) in [5, 5.41) is 5.68. The smallest absolute Gasteiger partial charge is 0.238 e. The topological polar surface area (TPSA) is 58.2 Å². The van der Waals surface area contributed by atoms with Crippen molar-refractivity contribution in [1.29, 1.82) is 0 Å². The fourth-order valence-electron chi connectivity index (χ4n) is 1.85. The van der Waals surface area contributed by atoms with Crippen LogP contribution in [-0.4, -0.2) is 21.5 Å². The normalized spacial score (nSPS) is 13.3. The average Bonchev–Trinajstić information content (AvgIpc) is 2.49. The van der Waals surface area contributed by atoms with Gasteiger partial charge in [0.15, 0.2) is 0 Å². The van der Waals surface area contributed by atoms with Crippen LogP contribution in [0, 0.1) is 0 Å². The van der Waals surface area contributed by atoms with E-state index in [2.05, 4.69) is 42.5 Å². The van der Waals surface area contributed by atoms with Crippen LogP contribution in [0.15, 0.2) is 24.3 Å². The molecule has 0 saturated heterocycles. The molecular weight excluding hydrogens is 412 g/mol. The van der Waals surface area contributed by atoms with E-state index in [0.717, 1.165) is 25.7 Å². The van der Waals surface area contributed by atoms with Crippen molar-refractivity contribution in [3.63, 3.8) is 0 Å². The number of benzene rings is 1. The van der Waals surface area contributed by atoms with E-state index in [4.69, 9.17) is 0 Å². The second-order valence-electron chi connectivity index (χ2n) is 5.07. The summed E-state index contributed by atoms with van der Waals surface area (Å²) < 4.78 is 0. The number of hydrogen-bond acceptors (Lipinski definition) is 2. The van der Waals surface area contributed by atoms with E-state index in [9.17, 15) is 9.59 Å². The molecule has 0 spiro atoms. The van der Waals surface area contributed by atoms with Crippen molar-refractivity contribution >= 4 is 55.0 Å². The average molecular weight is 434 g/mol. The standard InChI is InChI=1S/C16H22Br2N2O2/c1-3-5-13(17)15(21)19-11-7-9-12(10-8-11)20-16(22)14(18)6-4-2/h7-10,13-14H,3-6H2,1-2H3,(H,19,21)(H,20,22)/t13-,14+. The minimum Gasteiger partial charge on any atom is -0.325 e. The Bertz CT molecular complexity index is 446. The molecule has 2 amide bonds. The highest BCUT2D eigenvalue weighted by molar-refractivity contribution is 9.10. The maximum absolute atomic E-state index is 11.9. The Hall–Kier alpha value is -0.880. The van der Waals surface area contributed by atoms with Crippen molar-refractivity contribution in [3.05, 3.63) is 24.3 Å². The quantitative estimate of drug-likeness (QED) is 0.584. The Morgan fingerprint density at radius 2 is 1.18 bits per heavy atom. The molecular formula is C16H22Br2N2O2. The predicted molar refractivity (Wildman–Crippen MR) is 98.9 cm³/mol. The summed E-state index contributed by atoms with van der Waals surface area (Å²) in [7, 11) is 0. The van der Waals surface area contributed by atoms with Gasteiger partial charge in [-0.2, -0.15) is 0 Å². The summed E-state index contributed by atoms with van der Waals surface area (Å²) in [5.41, 5.74) is 1.43. The first-order valence-corrected chi connectivity index (χ1v) is 9.31. The van der Waals surface area contributed by atoms with Crippen LogP contribution in [-0.2, 0) is 9.59 Å². The molecule has 1 aromatic carbocycles. The molecule has 0 fully saturated rings. The Balaban J connectivity index is 2.56. The van der Waals surface area contributed by atoms with Gasteiger partial charge >= 0.3 is 0 Å². The van der Waals surface area contributed by atoms with E-state index >= 15 is 0 Å². The lowest BCUT2D eigenvalue weighted by atomic mass is 10.2. The van der Waals surface area contributed by atoms with Crippen LogP contribution >= 0.6 is 31.9 Å². The van der Waals surface area contributed by atoms with Gasteiger partial charge in [-0.15, -0.1) is 0 Å². The first-order chi connectivity index (χ1) is 10.5. The first kappa shape index (κ1) is 19.2. The van der Waals surface area contributed by atoms with E-state index in [0.29, 0.717) is 11.4 Å². The zero-order valence-corrected chi connectivity index (χ0v) is 16.0. The number of carbonyl (C=O) groups excluding carboxylic acids is 2. The van der Waals surface area contributed by atoms with Crippen molar-refractivity contribution in [3.8, 4) is 0 Å². The molecule has 0 aliphatic heterocycles. The number of carbonyl (C=O) groups is 2. The molecule has 122 valence electrons. The highest BCUT2D eigenvalue weighted by atomic mass is 79.9. The summed E-state index contributed by atoms with van der Waals surface area (Å²) in [5.74, 6) is -0.107. The van der Waals surface area contributed by atoms with Crippen LogP contribution in [0.4, 0.5) is 11.4 Å². The third-order valence-electron chi connectivity index (χ3n) is 3.07. The molecule has 0 aliphatic carbocycles. The van der Waals surface area contributed by atoms with E-state index < -0.39 is 0 Å². The lowest BCUT2D eigenvalue weighted by Crippen LogP contribution is -2.23. The monoisotopic (exact) mass is 432 g/mol. The molecule has 4 nitrogen and oxygen atoms in total.